The van der Waals surface area contributed by atoms with Gasteiger partial charge in [-0.15, -0.1) is 13.2 Å². The molecule has 2 aromatic rings. The van der Waals surface area contributed by atoms with E-state index in [2.05, 4.69) is 15.0 Å². The summed E-state index contributed by atoms with van der Waals surface area (Å²) in [4.78, 5) is 16.3. The number of halogens is 3. The highest BCUT2D eigenvalue weighted by molar-refractivity contribution is 5.89. The van der Waals surface area contributed by atoms with Crippen LogP contribution in [0.3, 0.4) is 0 Å². The van der Waals surface area contributed by atoms with Crippen molar-refractivity contribution in [3.8, 4) is 11.5 Å². The van der Waals surface area contributed by atoms with Crippen LogP contribution in [-0.2, 0) is 6.54 Å². The van der Waals surface area contributed by atoms with Crippen molar-refractivity contribution in [1.29, 1.82) is 0 Å². The van der Waals surface area contributed by atoms with Crippen LogP contribution in [0.25, 0.3) is 0 Å². The molecule has 0 aromatic heterocycles. The number of nitrogens with zero attached hydrogens (tertiary/aromatic N) is 2. The Morgan fingerprint density at radius 1 is 0.966 bits per heavy atom. The third-order valence-corrected chi connectivity index (χ3v) is 4.56. The molecule has 0 spiro atoms. The van der Waals surface area contributed by atoms with Gasteiger partial charge in [0.15, 0.2) is 0 Å². The van der Waals surface area contributed by atoms with Crippen LogP contribution in [-0.4, -0.2) is 55.5 Å². The molecule has 9 heteroatoms. The maximum absolute atomic E-state index is 12.4. The second-order valence-electron chi connectivity index (χ2n) is 6.61. The van der Waals surface area contributed by atoms with Gasteiger partial charge >= 0.3 is 12.4 Å². The molecule has 6 nitrogen and oxygen atoms in total. The highest BCUT2D eigenvalue weighted by atomic mass is 19.4. The Hall–Kier alpha value is -2.94. The Morgan fingerprint density at radius 2 is 1.55 bits per heavy atom. The maximum Gasteiger partial charge on any atom is 0.573 e. The number of carbonyl (C=O) groups is 1. The molecule has 3 rings (SSSR count). The second kappa shape index (κ2) is 9.04. The lowest BCUT2D eigenvalue weighted by atomic mass is 10.2. The number of anilines is 1. The number of nitrogens with one attached hydrogen (secondary N) is 1. The summed E-state index contributed by atoms with van der Waals surface area (Å²) in [5.41, 5.74) is 1.58. The van der Waals surface area contributed by atoms with E-state index in [-0.39, 0.29) is 11.8 Å². The Labute approximate surface area is 166 Å². The number of rotatable bonds is 5. The summed E-state index contributed by atoms with van der Waals surface area (Å²) in [6, 6.07) is 12.7. The Kier molecular flexibility index (Phi) is 6.48. The van der Waals surface area contributed by atoms with Crippen molar-refractivity contribution in [2.75, 3.05) is 38.6 Å². The van der Waals surface area contributed by atoms with Crippen LogP contribution in [0.5, 0.6) is 11.5 Å². The number of methoxy groups -OCH3 is 1. The number of alkyl halides is 3. The van der Waals surface area contributed by atoms with Crippen molar-refractivity contribution >= 4 is 11.7 Å². The summed E-state index contributed by atoms with van der Waals surface area (Å²) in [5.74, 6) is 0.482. The van der Waals surface area contributed by atoms with E-state index in [1.165, 1.54) is 17.7 Å². The zero-order valence-electron chi connectivity index (χ0n) is 15.9. The summed E-state index contributed by atoms with van der Waals surface area (Å²) in [6.45, 7) is 3.39. The molecule has 1 heterocycles. The molecule has 2 amide bonds. The molecule has 1 aliphatic rings. The maximum atomic E-state index is 12.4. The summed E-state index contributed by atoms with van der Waals surface area (Å²) >= 11 is 0. The largest absolute Gasteiger partial charge is 0.573 e. The standard InChI is InChI=1S/C20H22F3N3O3/c1-28-17-6-2-15(3-7-17)14-25-10-12-26(13-11-25)19(27)24-16-4-8-18(9-5-16)29-20(21,22)23/h2-9H,10-14H2,1H3,(H,24,27). The van der Waals surface area contributed by atoms with Crippen LogP contribution in [0.4, 0.5) is 23.7 Å². The molecule has 1 saturated heterocycles. The van der Waals surface area contributed by atoms with Crippen LogP contribution >= 0.6 is 0 Å². The number of carbonyl (C=O) groups excluding carboxylic acids is 1. The molecule has 0 saturated carbocycles. The van der Waals surface area contributed by atoms with Gasteiger partial charge in [0.1, 0.15) is 11.5 Å². The summed E-state index contributed by atoms with van der Waals surface area (Å²) in [5, 5.41) is 2.70. The molecule has 29 heavy (non-hydrogen) atoms. The average Bonchev–Trinajstić information content (AvgIpc) is 2.69. The normalized spacial score (nSPS) is 15.1. The molecule has 0 bridgehead atoms. The fourth-order valence-electron chi connectivity index (χ4n) is 3.04. The van der Waals surface area contributed by atoms with E-state index in [1.54, 1.807) is 12.0 Å². The number of ether oxygens (including phenoxy) is 2. The van der Waals surface area contributed by atoms with Gasteiger partial charge in [-0.05, 0) is 42.0 Å². The average molecular weight is 409 g/mol. The Bertz CT molecular complexity index is 802. The Morgan fingerprint density at radius 3 is 2.10 bits per heavy atom. The van der Waals surface area contributed by atoms with Gasteiger partial charge in [0.25, 0.3) is 0 Å². The van der Waals surface area contributed by atoms with Crippen molar-refractivity contribution in [3.63, 3.8) is 0 Å². The third-order valence-electron chi connectivity index (χ3n) is 4.56. The summed E-state index contributed by atoms with van der Waals surface area (Å²) in [6.07, 6.45) is -4.74. The monoisotopic (exact) mass is 409 g/mol. The molecule has 0 aliphatic carbocycles. The predicted molar refractivity (Wildman–Crippen MR) is 102 cm³/mol. The number of benzene rings is 2. The van der Waals surface area contributed by atoms with Crippen LogP contribution < -0.4 is 14.8 Å². The minimum atomic E-state index is -4.74. The molecule has 2 aromatic carbocycles. The zero-order valence-corrected chi connectivity index (χ0v) is 15.9. The summed E-state index contributed by atoms with van der Waals surface area (Å²) in [7, 11) is 1.63. The highest BCUT2D eigenvalue weighted by Gasteiger charge is 2.31. The lowest BCUT2D eigenvalue weighted by molar-refractivity contribution is -0.274. The first-order valence-electron chi connectivity index (χ1n) is 9.09. The Balaban J connectivity index is 1.45. The van der Waals surface area contributed by atoms with E-state index >= 15 is 0 Å². The number of hydrogen-bond donors (Lipinski definition) is 1. The van der Waals surface area contributed by atoms with Crippen molar-refractivity contribution in [2.24, 2.45) is 0 Å². The van der Waals surface area contributed by atoms with Crippen molar-refractivity contribution in [1.82, 2.24) is 9.80 Å². The third kappa shape index (κ3) is 6.28. The molecule has 1 N–H and O–H groups in total. The van der Waals surface area contributed by atoms with E-state index in [0.29, 0.717) is 18.8 Å². The second-order valence-corrected chi connectivity index (χ2v) is 6.61. The molecular formula is C20H22F3N3O3. The molecule has 0 unspecified atom stereocenters. The van der Waals surface area contributed by atoms with E-state index in [0.717, 1.165) is 37.5 Å². The van der Waals surface area contributed by atoms with Crippen LogP contribution in [0, 0.1) is 0 Å². The molecular weight excluding hydrogens is 387 g/mol. The van der Waals surface area contributed by atoms with Gasteiger partial charge in [0.2, 0.25) is 0 Å². The predicted octanol–water partition coefficient (Wildman–Crippen LogP) is 3.94. The first-order valence-corrected chi connectivity index (χ1v) is 9.09. The first kappa shape index (κ1) is 20.8. The number of piperazine rings is 1. The fourth-order valence-corrected chi connectivity index (χ4v) is 3.04. The lowest BCUT2D eigenvalue weighted by Crippen LogP contribution is -2.49. The van der Waals surface area contributed by atoms with Crippen molar-refractivity contribution in [3.05, 3.63) is 54.1 Å². The van der Waals surface area contributed by atoms with Gasteiger partial charge in [-0.1, -0.05) is 12.1 Å². The van der Waals surface area contributed by atoms with Crippen LogP contribution in [0.15, 0.2) is 48.5 Å². The van der Waals surface area contributed by atoms with E-state index in [1.807, 2.05) is 24.3 Å². The van der Waals surface area contributed by atoms with Gasteiger partial charge in [0, 0.05) is 38.4 Å². The number of hydrogen-bond acceptors (Lipinski definition) is 4. The van der Waals surface area contributed by atoms with Gasteiger partial charge in [0.05, 0.1) is 7.11 Å². The highest BCUT2D eigenvalue weighted by Crippen LogP contribution is 2.24. The van der Waals surface area contributed by atoms with Crippen LogP contribution in [0.1, 0.15) is 5.56 Å². The SMILES string of the molecule is COc1ccc(CN2CCN(C(=O)Nc3ccc(OC(F)(F)F)cc3)CC2)cc1. The van der Waals surface area contributed by atoms with Gasteiger partial charge < -0.3 is 19.7 Å². The smallest absolute Gasteiger partial charge is 0.497 e. The van der Waals surface area contributed by atoms with Gasteiger partial charge in [-0.25, -0.2) is 4.79 Å². The number of urea groups is 1. The molecule has 1 aliphatic heterocycles. The first-order chi connectivity index (χ1) is 13.8. The quantitative estimate of drug-likeness (QED) is 0.813. The van der Waals surface area contributed by atoms with Crippen molar-refractivity contribution in [2.45, 2.75) is 12.9 Å². The molecule has 0 atom stereocenters. The summed E-state index contributed by atoms with van der Waals surface area (Å²) < 4.78 is 45.5. The fraction of sp³-hybridized carbons (Fsp3) is 0.350. The minimum absolute atomic E-state index is 0.279. The molecule has 156 valence electrons. The number of amides is 2. The molecule has 0 radical (unpaired) electrons. The lowest BCUT2D eigenvalue weighted by Gasteiger charge is -2.34. The van der Waals surface area contributed by atoms with E-state index in [4.69, 9.17) is 4.74 Å². The molecule has 1 fully saturated rings. The topological polar surface area (TPSA) is 54.0 Å². The van der Waals surface area contributed by atoms with Gasteiger partial charge in [-0.2, -0.15) is 0 Å². The zero-order chi connectivity index (χ0) is 20.9. The van der Waals surface area contributed by atoms with Crippen molar-refractivity contribution < 1.29 is 27.4 Å². The van der Waals surface area contributed by atoms with E-state index in [9.17, 15) is 18.0 Å². The van der Waals surface area contributed by atoms with E-state index < -0.39 is 6.36 Å². The minimum Gasteiger partial charge on any atom is -0.497 e. The van der Waals surface area contributed by atoms with Crippen LogP contribution in [0.2, 0.25) is 0 Å². The van der Waals surface area contributed by atoms with Gasteiger partial charge in [-0.3, -0.25) is 4.90 Å².